The Morgan fingerprint density at radius 3 is 2.28 bits per heavy atom. The summed E-state index contributed by atoms with van der Waals surface area (Å²) in [6.07, 6.45) is 0. The van der Waals surface area contributed by atoms with Crippen molar-refractivity contribution in [2.45, 2.75) is 30.9 Å². The molecule has 0 saturated carbocycles. The first kappa shape index (κ1) is 19.1. The SMILES string of the molecule is CC(C)CNC(=O)c1ccccc1NC(=O)[C@@H](C)Sc1ccccc1. The van der Waals surface area contributed by atoms with Crippen molar-refractivity contribution in [3.05, 3.63) is 60.2 Å². The number of hydrogen-bond acceptors (Lipinski definition) is 3. The Labute approximate surface area is 153 Å². The molecule has 2 amide bonds. The summed E-state index contributed by atoms with van der Waals surface area (Å²) in [5.41, 5.74) is 1.02. The number of amides is 2. The highest BCUT2D eigenvalue weighted by Crippen LogP contribution is 2.24. The van der Waals surface area contributed by atoms with Crippen LogP contribution in [-0.2, 0) is 4.79 Å². The van der Waals surface area contributed by atoms with Crippen LogP contribution in [0.2, 0.25) is 0 Å². The maximum absolute atomic E-state index is 12.5. The lowest BCUT2D eigenvalue weighted by Gasteiger charge is -2.15. The predicted molar refractivity (Wildman–Crippen MR) is 104 cm³/mol. The highest BCUT2D eigenvalue weighted by Gasteiger charge is 2.18. The number of benzene rings is 2. The predicted octanol–water partition coefficient (Wildman–Crippen LogP) is 4.19. The number of para-hydroxylation sites is 1. The maximum Gasteiger partial charge on any atom is 0.253 e. The summed E-state index contributed by atoms with van der Waals surface area (Å²) in [5.74, 6) is 0.0685. The zero-order valence-corrected chi connectivity index (χ0v) is 15.6. The van der Waals surface area contributed by atoms with Gasteiger partial charge in [0.1, 0.15) is 0 Å². The van der Waals surface area contributed by atoms with E-state index in [1.165, 1.54) is 11.8 Å². The molecule has 2 N–H and O–H groups in total. The van der Waals surface area contributed by atoms with E-state index in [-0.39, 0.29) is 17.1 Å². The van der Waals surface area contributed by atoms with Gasteiger partial charge in [0, 0.05) is 11.4 Å². The Morgan fingerprint density at radius 1 is 0.960 bits per heavy atom. The van der Waals surface area contributed by atoms with Crippen LogP contribution in [0.1, 0.15) is 31.1 Å². The van der Waals surface area contributed by atoms with Gasteiger partial charge in [-0.2, -0.15) is 0 Å². The third kappa shape index (κ3) is 5.94. The summed E-state index contributed by atoms with van der Waals surface area (Å²) in [6, 6.07) is 16.9. The van der Waals surface area contributed by atoms with Crippen LogP contribution in [0, 0.1) is 5.92 Å². The number of nitrogens with one attached hydrogen (secondary N) is 2. The van der Waals surface area contributed by atoms with Crippen LogP contribution >= 0.6 is 11.8 Å². The Balaban J connectivity index is 2.04. The van der Waals surface area contributed by atoms with Gasteiger partial charge in [-0.15, -0.1) is 11.8 Å². The Morgan fingerprint density at radius 2 is 1.60 bits per heavy atom. The molecule has 0 unspecified atom stereocenters. The van der Waals surface area contributed by atoms with Crippen molar-refractivity contribution in [3.63, 3.8) is 0 Å². The van der Waals surface area contributed by atoms with Gasteiger partial charge in [-0.3, -0.25) is 9.59 Å². The molecule has 5 heteroatoms. The van der Waals surface area contributed by atoms with E-state index in [0.717, 1.165) is 4.90 Å². The summed E-state index contributed by atoms with van der Waals surface area (Å²) >= 11 is 1.49. The van der Waals surface area contributed by atoms with Crippen molar-refractivity contribution in [1.29, 1.82) is 0 Å². The van der Waals surface area contributed by atoms with E-state index >= 15 is 0 Å². The van der Waals surface area contributed by atoms with E-state index in [4.69, 9.17) is 0 Å². The van der Waals surface area contributed by atoms with E-state index in [2.05, 4.69) is 10.6 Å². The van der Waals surface area contributed by atoms with Crippen LogP contribution in [0.25, 0.3) is 0 Å². The quantitative estimate of drug-likeness (QED) is 0.731. The summed E-state index contributed by atoms with van der Waals surface area (Å²) in [5, 5.41) is 5.49. The van der Waals surface area contributed by atoms with Crippen LogP contribution in [-0.4, -0.2) is 23.6 Å². The third-order valence-corrected chi connectivity index (χ3v) is 4.64. The molecule has 1 atom stereocenters. The van der Waals surface area contributed by atoms with Gasteiger partial charge in [-0.25, -0.2) is 0 Å². The molecule has 0 bridgehead atoms. The summed E-state index contributed by atoms with van der Waals surface area (Å²) < 4.78 is 0. The van der Waals surface area contributed by atoms with Gasteiger partial charge in [0.15, 0.2) is 0 Å². The molecule has 0 aliphatic rings. The molecule has 0 aliphatic carbocycles. The summed E-state index contributed by atoms with van der Waals surface area (Å²) in [6.45, 7) is 6.53. The van der Waals surface area contributed by atoms with Gasteiger partial charge in [0.25, 0.3) is 5.91 Å². The summed E-state index contributed by atoms with van der Waals surface area (Å²) in [7, 11) is 0. The first-order valence-electron chi connectivity index (χ1n) is 8.37. The van der Waals surface area contributed by atoms with E-state index < -0.39 is 0 Å². The minimum Gasteiger partial charge on any atom is -0.352 e. The average Bonchev–Trinajstić information content (AvgIpc) is 2.61. The monoisotopic (exact) mass is 356 g/mol. The second-order valence-electron chi connectivity index (χ2n) is 6.21. The molecular weight excluding hydrogens is 332 g/mol. The van der Waals surface area contributed by atoms with Crippen molar-refractivity contribution in [1.82, 2.24) is 5.32 Å². The molecule has 0 saturated heterocycles. The zero-order valence-electron chi connectivity index (χ0n) is 14.8. The minimum atomic E-state index is -0.269. The minimum absolute atomic E-state index is 0.127. The molecule has 2 rings (SSSR count). The number of carbonyl (C=O) groups is 2. The van der Waals surface area contributed by atoms with Crippen LogP contribution < -0.4 is 10.6 Å². The van der Waals surface area contributed by atoms with Gasteiger partial charge in [0.05, 0.1) is 16.5 Å². The Kier molecular flexibility index (Phi) is 7.07. The van der Waals surface area contributed by atoms with Crippen LogP contribution in [0.3, 0.4) is 0 Å². The lowest BCUT2D eigenvalue weighted by Crippen LogP contribution is -2.29. The van der Waals surface area contributed by atoms with Crippen molar-refractivity contribution >= 4 is 29.3 Å². The molecule has 2 aromatic carbocycles. The fraction of sp³-hybridized carbons (Fsp3) is 0.300. The topological polar surface area (TPSA) is 58.2 Å². The van der Waals surface area contributed by atoms with Gasteiger partial charge in [-0.1, -0.05) is 44.2 Å². The largest absolute Gasteiger partial charge is 0.352 e. The van der Waals surface area contributed by atoms with Gasteiger partial charge >= 0.3 is 0 Å². The molecule has 0 aliphatic heterocycles. The lowest BCUT2D eigenvalue weighted by molar-refractivity contribution is -0.115. The number of rotatable bonds is 7. The molecule has 0 heterocycles. The highest BCUT2D eigenvalue weighted by molar-refractivity contribution is 8.00. The Hall–Kier alpha value is -2.27. The average molecular weight is 356 g/mol. The van der Waals surface area contributed by atoms with E-state index in [1.54, 1.807) is 18.2 Å². The van der Waals surface area contributed by atoms with Gasteiger partial charge < -0.3 is 10.6 Å². The number of carbonyl (C=O) groups excluding carboxylic acids is 2. The van der Waals surface area contributed by atoms with Crippen LogP contribution in [0.4, 0.5) is 5.69 Å². The molecule has 132 valence electrons. The van der Waals surface area contributed by atoms with Gasteiger partial charge in [-0.05, 0) is 37.1 Å². The fourth-order valence-corrected chi connectivity index (χ4v) is 3.06. The number of hydrogen-bond donors (Lipinski definition) is 2. The van der Waals surface area contributed by atoms with Crippen molar-refractivity contribution < 1.29 is 9.59 Å². The summed E-state index contributed by atoms with van der Waals surface area (Å²) in [4.78, 5) is 25.9. The highest BCUT2D eigenvalue weighted by atomic mass is 32.2. The molecule has 0 aromatic heterocycles. The number of thioether (sulfide) groups is 1. The molecule has 4 nitrogen and oxygen atoms in total. The van der Waals surface area contributed by atoms with Crippen molar-refractivity contribution in [2.75, 3.05) is 11.9 Å². The molecule has 0 radical (unpaired) electrons. The van der Waals surface area contributed by atoms with Gasteiger partial charge in [0.2, 0.25) is 5.91 Å². The maximum atomic E-state index is 12.5. The molecule has 0 fully saturated rings. The van der Waals surface area contributed by atoms with Crippen molar-refractivity contribution in [2.24, 2.45) is 5.92 Å². The normalized spacial score (nSPS) is 11.8. The first-order valence-corrected chi connectivity index (χ1v) is 9.25. The Bertz CT molecular complexity index is 717. The van der Waals surface area contributed by atoms with E-state index in [0.29, 0.717) is 23.7 Å². The fourth-order valence-electron chi connectivity index (χ4n) is 2.17. The third-order valence-electron chi connectivity index (χ3n) is 3.53. The molecule has 25 heavy (non-hydrogen) atoms. The first-order chi connectivity index (χ1) is 12.0. The number of anilines is 1. The van der Waals surface area contributed by atoms with E-state index in [1.807, 2.05) is 57.2 Å². The standard InChI is InChI=1S/C20H24N2O2S/c1-14(2)13-21-20(24)17-11-7-8-12-18(17)22-19(23)15(3)25-16-9-5-4-6-10-16/h4-12,14-15H,13H2,1-3H3,(H,21,24)(H,22,23)/t15-/m1/s1. The molecule has 2 aromatic rings. The van der Waals surface area contributed by atoms with Crippen LogP contribution in [0.5, 0.6) is 0 Å². The second kappa shape index (κ2) is 9.28. The second-order valence-corrected chi connectivity index (χ2v) is 7.63. The van der Waals surface area contributed by atoms with Crippen LogP contribution in [0.15, 0.2) is 59.5 Å². The zero-order chi connectivity index (χ0) is 18.2. The lowest BCUT2D eigenvalue weighted by atomic mass is 10.1. The molecular formula is C20H24N2O2S. The molecule has 0 spiro atoms. The van der Waals surface area contributed by atoms with Crippen molar-refractivity contribution in [3.8, 4) is 0 Å². The van der Waals surface area contributed by atoms with E-state index in [9.17, 15) is 9.59 Å². The smallest absolute Gasteiger partial charge is 0.253 e.